The van der Waals surface area contributed by atoms with Gasteiger partial charge < -0.3 is 11.1 Å². The number of hydrogen-bond donors (Lipinski definition) is 2. The summed E-state index contributed by atoms with van der Waals surface area (Å²) in [5.41, 5.74) is 5.91. The Bertz CT molecular complexity index is 1190. The summed E-state index contributed by atoms with van der Waals surface area (Å²) in [7, 11) is -3.05. The van der Waals surface area contributed by atoms with Gasteiger partial charge in [0.15, 0.2) is 5.69 Å². The molecule has 0 fully saturated rings. The summed E-state index contributed by atoms with van der Waals surface area (Å²) in [6.07, 6.45) is -0.790. The molecule has 3 N–H and O–H groups in total. The maximum absolute atomic E-state index is 13.5. The predicted molar refractivity (Wildman–Crippen MR) is 114 cm³/mol. The van der Waals surface area contributed by atoms with Crippen molar-refractivity contribution in [2.24, 2.45) is 0 Å². The molecule has 7 nitrogen and oxygen atoms in total. The molecule has 3 aromatic rings. The molecule has 0 aliphatic heterocycles. The summed E-state index contributed by atoms with van der Waals surface area (Å²) >= 11 is 1.37. The fourth-order valence-electron chi connectivity index (χ4n) is 2.88. The van der Waals surface area contributed by atoms with E-state index in [0.717, 1.165) is 21.6 Å². The normalized spacial score (nSPS) is 12.3. The average Bonchev–Trinajstić information content (AvgIpc) is 3.12. The number of aryl methyl sites for hydroxylation is 1. The highest BCUT2D eigenvalue weighted by atomic mass is 32.2. The fourth-order valence-corrected chi connectivity index (χ4v) is 4.27. The largest absolute Gasteiger partial charge is 0.434 e. The summed E-state index contributed by atoms with van der Waals surface area (Å²) in [6, 6.07) is 5.11. The molecule has 0 atom stereocenters. The second kappa shape index (κ2) is 8.89. The Morgan fingerprint density at radius 2 is 1.84 bits per heavy atom. The first-order chi connectivity index (χ1) is 14.4. The van der Waals surface area contributed by atoms with Crippen LogP contribution in [0.3, 0.4) is 0 Å². The van der Waals surface area contributed by atoms with E-state index >= 15 is 0 Å². The maximum atomic E-state index is 13.5. The fraction of sp³-hybridized carbons (Fsp3) is 0.316. The van der Waals surface area contributed by atoms with Crippen molar-refractivity contribution in [2.45, 2.75) is 19.6 Å². The van der Waals surface area contributed by atoms with Gasteiger partial charge in [-0.05, 0) is 29.7 Å². The summed E-state index contributed by atoms with van der Waals surface area (Å²) in [4.78, 5) is 12.2. The molecule has 0 bridgehead atoms. The van der Waals surface area contributed by atoms with E-state index in [2.05, 4.69) is 20.3 Å². The average molecular weight is 472 g/mol. The molecular weight excluding hydrogens is 451 g/mol. The van der Waals surface area contributed by atoms with Gasteiger partial charge >= 0.3 is 6.18 Å². The molecule has 3 rings (SSSR count). The van der Waals surface area contributed by atoms with Crippen LogP contribution in [0.5, 0.6) is 0 Å². The topological polar surface area (TPSA) is 111 Å². The zero-order valence-corrected chi connectivity index (χ0v) is 18.3. The number of nitrogens with zero attached hydrogens (tertiary/aromatic N) is 3. The van der Waals surface area contributed by atoms with Gasteiger partial charge in [-0.2, -0.15) is 13.2 Å². The van der Waals surface area contributed by atoms with Crippen molar-refractivity contribution in [1.29, 1.82) is 0 Å². The van der Waals surface area contributed by atoms with Crippen LogP contribution < -0.4 is 11.1 Å². The minimum atomic E-state index is -4.68. The smallest absolute Gasteiger partial charge is 0.368 e. The molecule has 2 aromatic heterocycles. The molecule has 0 saturated heterocycles. The first kappa shape index (κ1) is 23.1. The van der Waals surface area contributed by atoms with Crippen molar-refractivity contribution in [1.82, 2.24) is 20.3 Å². The van der Waals surface area contributed by atoms with Gasteiger partial charge in [0.2, 0.25) is 5.95 Å². The Kier molecular flexibility index (Phi) is 6.62. The van der Waals surface area contributed by atoms with Crippen LogP contribution in [-0.4, -0.2) is 41.9 Å². The molecule has 0 radical (unpaired) electrons. The maximum Gasteiger partial charge on any atom is 0.434 e. The summed E-state index contributed by atoms with van der Waals surface area (Å²) in [5.74, 6) is -0.420. The van der Waals surface area contributed by atoms with E-state index in [-0.39, 0.29) is 11.3 Å². The number of rotatable bonds is 7. The van der Waals surface area contributed by atoms with Crippen LogP contribution in [0, 0.1) is 6.92 Å². The standard InChI is InChI=1S/C19H20F3N5O2S2/c1-11-5-12(14-8-26-18(23)27-17(14)19(20,21)22)7-13(6-11)15-9-25-16(30-15)10-24-3-4-31(2,28)29/h5-9,24H,3-4,10H2,1-2H3,(H2,23,26,27). The molecule has 0 aliphatic carbocycles. The predicted octanol–water partition coefficient (Wildman–Crippen LogP) is 3.31. The number of alkyl halides is 3. The van der Waals surface area contributed by atoms with Crippen LogP contribution in [-0.2, 0) is 22.6 Å². The lowest BCUT2D eigenvalue weighted by Crippen LogP contribution is -2.21. The van der Waals surface area contributed by atoms with Gasteiger partial charge in [0.1, 0.15) is 14.8 Å². The Morgan fingerprint density at radius 1 is 1.13 bits per heavy atom. The van der Waals surface area contributed by atoms with Gasteiger partial charge in [-0.25, -0.2) is 23.4 Å². The first-order valence-electron chi connectivity index (χ1n) is 9.08. The first-order valence-corrected chi connectivity index (χ1v) is 12.0. The van der Waals surface area contributed by atoms with E-state index in [1.807, 2.05) is 6.07 Å². The summed E-state index contributed by atoms with van der Waals surface area (Å²) < 4.78 is 62.7. The number of aromatic nitrogens is 3. The van der Waals surface area contributed by atoms with Crippen molar-refractivity contribution in [3.8, 4) is 21.6 Å². The highest BCUT2D eigenvalue weighted by molar-refractivity contribution is 7.90. The number of nitrogens with one attached hydrogen (secondary N) is 1. The summed E-state index contributed by atoms with van der Waals surface area (Å²) in [6.45, 7) is 2.48. The van der Waals surface area contributed by atoms with Gasteiger partial charge in [0.05, 0.1) is 10.6 Å². The number of hydrogen-bond acceptors (Lipinski definition) is 8. The van der Waals surface area contributed by atoms with Crippen molar-refractivity contribution in [2.75, 3.05) is 24.3 Å². The number of nitrogen functional groups attached to an aromatic ring is 1. The minimum Gasteiger partial charge on any atom is -0.368 e. The Morgan fingerprint density at radius 3 is 2.52 bits per heavy atom. The van der Waals surface area contributed by atoms with Gasteiger partial charge in [-0.1, -0.05) is 12.1 Å². The number of halogens is 3. The molecule has 166 valence electrons. The quantitative estimate of drug-likeness (QED) is 0.509. The van der Waals surface area contributed by atoms with Crippen molar-refractivity contribution in [3.05, 3.63) is 46.9 Å². The van der Waals surface area contributed by atoms with Crippen LogP contribution in [0.25, 0.3) is 21.6 Å². The lowest BCUT2D eigenvalue weighted by molar-refractivity contribution is -0.140. The van der Waals surface area contributed by atoms with Gasteiger partial charge in [-0.3, -0.25) is 0 Å². The van der Waals surface area contributed by atoms with Crippen LogP contribution in [0.2, 0.25) is 0 Å². The molecule has 0 saturated carbocycles. The monoisotopic (exact) mass is 471 g/mol. The van der Waals surface area contributed by atoms with E-state index in [4.69, 9.17) is 5.73 Å². The Hall–Kier alpha value is -2.57. The van der Waals surface area contributed by atoms with E-state index in [1.54, 1.807) is 25.3 Å². The molecule has 1 aromatic carbocycles. The number of benzene rings is 1. The van der Waals surface area contributed by atoms with Crippen molar-refractivity contribution < 1.29 is 21.6 Å². The summed E-state index contributed by atoms with van der Waals surface area (Å²) in [5, 5.41) is 3.75. The van der Waals surface area contributed by atoms with Crippen molar-refractivity contribution >= 4 is 27.1 Å². The van der Waals surface area contributed by atoms with Gasteiger partial charge in [0.25, 0.3) is 0 Å². The van der Waals surface area contributed by atoms with Gasteiger partial charge in [0, 0.05) is 37.3 Å². The third-order valence-electron chi connectivity index (χ3n) is 4.23. The van der Waals surface area contributed by atoms with E-state index in [9.17, 15) is 21.6 Å². The van der Waals surface area contributed by atoms with Crippen LogP contribution in [0.15, 0.2) is 30.6 Å². The third kappa shape index (κ3) is 6.21. The van der Waals surface area contributed by atoms with Crippen molar-refractivity contribution in [3.63, 3.8) is 0 Å². The van der Waals surface area contributed by atoms with Crippen LogP contribution >= 0.6 is 11.3 Å². The molecule has 0 aliphatic rings. The second-order valence-electron chi connectivity index (χ2n) is 7.00. The zero-order valence-electron chi connectivity index (χ0n) is 16.7. The highest BCUT2D eigenvalue weighted by Crippen LogP contribution is 2.38. The Labute approximate surface area is 181 Å². The SMILES string of the molecule is Cc1cc(-c2cnc(CNCCS(C)(=O)=O)s2)cc(-c2cnc(N)nc2C(F)(F)F)c1. The number of sulfone groups is 1. The molecule has 12 heteroatoms. The lowest BCUT2D eigenvalue weighted by Gasteiger charge is -2.13. The van der Waals surface area contributed by atoms with Crippen LogP contribution in [0.4, 0.5) is 19.1 Å². The van der Waals surface area contributed by atoms with E-state index in [1.165, 1.54) is 17.6 Å². The third-order valence-corrected chi connectivity index (χ3v) is 6.22. The highest BCUT2D eigenvalue weighted by Gasteiger charge is 2.36. The molecule has 0 unspecified atom stereocenters. The lowest BCUT2D eigenvalue weighted by atomic mass is 9.99. The van der Waals surface area contributed by atoms with E-state index < -0.39 is 27.7 Å². The number of anilines is 1. The molecule has 0 amide bonds. The molecular formula is C19H20F3N5O2S2. The second-order valence-corrected chi connectivity index (χ2v) is 10.4. The van der Waals surface area contributed by atoms with E-state index in [0.29, 0.717) is 24.2 Å². The molecule has 0 spiro atoms. The van der Waals surface area contributed by atoms with Crippen LogP contribution in [0.1, 0.15) is 16.3 Å². The molecule has 31 heavy (non-hydrogen) atoms. The zero-order chi connectivity index (χ0) is 22.8. The number of nitrogens with two attached hydrogens (primary N) is 1. The molecule has 2 heterocycles. The number of thiazole rings is 1. The van der Waals surface area contributed by atoms with Gasteiger partial charge in [-0.15, -0.1) is 11.3 Å². The minimum absolute atomic E-state index is 0.0255. The Balaban J connectivity index is 1.87.